The molecule has 1 amide bonds. The van der Waals surface area contributed by atoms with Gasteiger partial charge in [0.1, 0.15) is 19.3 Å². The van der Waals surface area contributed by atoms with Crippen LogP contribution in [0, 0.1) is 0 Å². The number of aliphatic carboxylic acids is 1. The van der Waals surface area contributed by atoms with Crippen LogP contribution in [0.5, 0.6) is 11.5 Å². The van der Waals surface area contributed by atoms with Gasteiger partial charge in [0.2, 0.25) is 0 Å². The molecular weight excluding hydrogens is 278 g/mol. The molecule has 2 aliphatic heterocycles. The lowest BCUT2D eigenvalue weighted by atomic mass is 10.1. The molecule has 1 saturated heterocycles. The number of carboxylic acids is 1. The Kier molecular flexibility index (Phi) is 3.42. The van der Waals surface area contributed by atoms with Crippen molar-refractivity contribution >= 4 is 11.9 Å². The molecule has 3 rings (SSSR count). The van der Waals surface area contributed by atoms with E-state index in [1.54, 1.807) is 18.2 Å². The SMILES string of the molecule is O=C(O)[C@@H]1CC(O)CN1C(=O)c1ccc2c(c1)OCCO2. The Morgan fingerprint density at radius 1 is 1.19 bits per heavy atom. The van der Waals surface area contributed by atoms with Crippen LogP contribution in [0.2, 0.25) is 0 Å². The van der Waals surface area contributed by atoms with E-state index < -0.39 is 24.0 Å². The van der Waals surface area contributed by atoms with Gasteiger partial charge in [-0.2, -0.15) is 0 Å². The largest absolute Gasteiger partial charge is 0.486 e. The van der Waals surface area contributed by atoms with Crippen molar-refractivity contribution in [3.8, 4) is 11.5 Å². The second-order valence-electron chi connectivity index (χ2n) is 5.06. The van der Waals surface area contributed by atoms with Gasteiger partial charge in [-0.15, -0.1) is 0 Å². The molecule has 112 valence electrons. The Morgan fingerprint density at radius 3 is 2.62 bits per heavy atom. The van der Waals surface area contributed by atoms with Crippen molar-refractivity contribution in [3.63, 3.8) is 0 Å². The minimum atomic E-state index is -1.11. The highest BCUT2D eigenvalue weighted by molar-refractivity contribution is 5.97. The Morgan fingerprint density at radius 2 is 1.90 bits per heavy atom. The maximum Gasteiger partial charge on any atom is 0.326 e. The number of ether oxygens (including phenoxy) is 2. The third-order valence-corrected chi connectivity index (χ3v) is 3.61. The molecule has 21 heavy (non-hydrogen) atoms. The Bertz CT molecular complexity index is 587. The first-order valence-electron chi connectivity index (χ1n) is 6.68. The van der Waals surface area contributed by atoms with Crippen molar-refractivity contribution < 1.29 is 29.3 Å². The zero-order valence-corrected chi connectivity index (χ0v) is 11.2. The first-order chi connectivity index (χ1) is 10.1. The number of carboxylic acid groups (broad SMARTS) is 1. The maximum absolute atomic E-state index is 12.4. The predicted octanol–water partition coefficient (Wildman–Crippen LogP) is 0.118. The summed E-state index contributed by atoms with van der Waals surface area (Å²) in [6, 6.07) is 3.74. The second kappa shape index (κ2) is 5.25. The van der Waals surface area contributed by atoms with Crippen LogP contribution in [0.3, 0.4) is 0 Å². The van der Waals surface area contributed by atoms with Crippen molar-refractivity contribution in [2.75, 3.05) is 19.8 Å². The van der Waals surface area contributed by atoms with E-state index in [9.17, 15) is 14.7 Å². The molecule has 2 aliphatic rings. The van der Waals surface area contributed by atoms with Crippen molar-refractivity contribution in [1.29, 1.82) is 0 Å². The lowest BCUT2D eigenvalue weighted by molar-refractivity contribution is -0.141. The van der Waals surface area contributed by atoms with E-state index in [2.05, 4.69) is 0 Å². The molecule has 1 aromatic rings. The van der Waals surface area contributed by atoms with Gasteiger partial charge in [-0.3, -0.25) is 4.79 Å². The summed E-state index contributed by atoms with van der Waals surface area (Å²) in [6.07, 6.45) is -0.765. The van der Waals surface area contributed by atoms with E-state index in [4.69, 9.17) is 14.6 Å². The molecule has 0 aromatic heterocycles. The summed E-state index contributed by atoms with van der Waals surface area (Å²) >= 11 is 0. The first kappa shape index (κ1) is 13.7. The summed E-state index contributed by atoms with van der Waals surface area (Å²) in [6.45, 7) is 0.884. The van der Waals surface area contributed by atoms with Crippen molar-refractivity contribution in [1.82, 2.24) is 4.90 Å². The highest BCUT2D eigenvalue weighted by atomic mass is 16.6. The minimum Gasteiger partial charge on any atom is -0.486 e. The van der Waals surface area contributed by atoms with Crippen LogP contribution >= 0.6 is 0 Å². The summed E-state index contributed by atoms with van der Waals surface area (Å²) in [5.74, 6) is -0.513. The normalized spacial score (nSPS) is 24.0. The van der Waals surface area contributed by atoms with E-state index in [0.29, 0.717) is 30.3 Å². The second-order valence-corrected chi connectivity index (χ2v) is 5.06. The standard InChI is InChI=1S/C14H15NO6/c16-9-6-10(14(18)19)15(7-9)13(17)8-1-2-11-12(5-8)21-4-3-20-11/h1-2,5,9-10,16H,3-4,6-7H2,(H,18,19)/t9?,10-/m0/s1. The molecule has 2 atom stereocenters. The number of aliphatic hydroxyl groups is 1. The first-order valence-corrected chi connectivity index (χ1v) is 6.68. The van der Waals surface area contributed by atoms with Gasteiger partial charge in [0.15, 0.2) is 11.5 Å². The molecule has 0 saturated carbocycles. The van der Waals surface area contributed by atoms with Crippen LogP contribution in [-0.4, -0.2) is 58.9 Å². The minimum absolute atomic E-state index is 0.0181. The number of nitrogens with zero attached hydrogens (tertiary/aromatic N) is 1. The monoisotopic (exact) mass is 293 g/mol. The molecule has 7 heteroatoms. The lowest BCUT2D eigenvalue weighted by Crippen LogP contribution is -2.40. The Labute approximate surface area is 120 Å². The third kappa shape index (κ3) is 2.52. The molecule has 7 nitrogen and oxygen atoms in total. The van der Waals surface area contributed by atoms with Crippen molar-refractivity contribution in [2.24, 2.45) is 0 Å². The van der Waals surface area contributed by atoms with Crippen LogP contribution in [0.1, 0.15) is 16.8 Å². The van der Waals surface area contributed by atoms with Gasteiger partial charge in [0.25, 0.3) is 5.91 Å². The fourth-order valence-electron chi connectivity index (χ4n) is 2.61. The highest BCUT2D eigenvalue weighted by Crippen LogP contribution is 2.32. The quantitative estimate of drug-likeness (QED) is 0.804. The van der Waals surface area contributed by atoms with Crippen molar-refractivity contribution in [2.45, 2.75) is 18.6 Å². The van der Waals surface area contributed by atoms with Crippen LogP contribution in [0.15, 0.2) is 18.2 Å². The number of carbonyl (C=O) groups excluding carboxylic acids is 1. The highest BCUT2D eigenvalue weighted by Gasteiger charge is 2.39. The molecule has 0 bridgehead atoms. The number of β-amino-alcohol motifs (C(OH)–C–C–N with tert-alkyl or cyclic N) is 1. The molecular formula is C14H15NO6. The van der Waals surface area contributed by atoms with Gasteiger partial charge in [-0.25, -0.2) is 4.79 Å². The molecule has 1 fully saturated rings. The number of fused-ring (bicyclic) bond motifs is 1. The van der Waals surface area contributed by atoms with Crippen LogP contribution < -0.4 is 9.47 Å². The number of amides is 1. The molecule has 1 aromatic carbocycles. The molecule has 2 N–H and O–H groups in total. The summed E-state index contributed by atoms with van der Waals surface area (Å²) in [4.78, 5) is 24.8. The van der Waals surface area contributed by atoms with Gasteiger partial charge in [0, 0.05) is 18.5 Å². The fraction of sp³-hybridized carbons (Fsp3) is 0.429. The molecule has 2 heterocycles. The topological polar surface area (TPSA) is 96.3 Å². The number of carbonyl (C=O) groups is 2. The number of likely N-dealkylation sites (tertiary alicyclic amines) is 1. The smallest absolute Gasteiger partial charge is 0.326 e. The lowest BCUT2D eigenvalue weighted by Gasteiger charge is -2.23. The summed E-state index contributed by atoms with van der Waals surface area (Å²) < 4.78 is 10.8. The number of rotatable bonds is 2. The number of benzene rings is 1. The molecule has 0 radical (unpaired) electrons. The maximum atomic E-state index is 12.4. The average molecular weight is 293 g/mol. The fourth-order valence-corrected chi connectivity index (χ4v) is 2.61. The molecule has 0 aliphatic carbocycles. The van der Waals surface area contributed by atoms with Crippen LogP contribution in [0.4, 0.5) is 0 Å². The molecule has 0 spiro atoms. The van der Waals surface area contributed by atoms with E-state index in [-0.39, 0.29) is 13.0 Å². The van der Waals surface area contributed by atoms with Crippen molar-refractivity contribution in [3.05, 3.63) is 23.8 Å². The number of hydrogen-bond acceptors (Lipinski definition) is 5. The van der Waals surface area contributed by atoms with E-state index >= 15 is 0 Å². The predicted molar refractivity (Wildman–Crippen MR) is 70.5 cm³/mol. The summed E-state index contributed by atoms with van der Waals surface area (Å²) in [5.41, 5.74) is 0.319. The van der Waals surface area contributed by atoms with Gasteiger partial charge < -0.3 is 24.6 Å². The Hall–Kier alpha value is -2.28. The van der Waals surface area contributed by atoms with Gasteiger partial charge in [-0.05, 0) is 18.2 Å². The van der Waals surface area contributed by atoms with E-state index in [1.807, 2.05) is 0 Å². The van der Waals surface area contributed by atoms with E-state index in [0.717, 1.165) is 0 Å². The Balaban J connectivity index is 1.86. The number of aliphatic hydroxyl groups excluding tert-OH is 1. The number of hydrogen-bond donors (Lipinski definition) is 2. The summed E-state index contributed by atoms with van der Waals surface area (Å²) in [7, 11) is 0. The average Bonchev–Trinajstić information content (AvgIpc) is 2.88. The molecule has 1 unspecified atom stereocenters. The van der Waals surface area contributed by atoms with Crippen LogP contribution in [0.25, 0.3) is 0 Å². The van der Waals surface area contributed by atoms with Gasteiger partial charge in [-0.1, -0.05) is 0 Å². The van der Waals surface area contributed by atoms with Crippen LogP contribution in [-0.2, 0) is 4.79 Å². The van der Waals surface area contributed by atoms with Gasteiger partial charge in [0.05, 0.1) is 6.10 Å². The third-order valence-electron chi connectivity index (χ3n) is 3.61. The zero-order chi connectivity index (χ0) is 15.0. The van der Waals surface area contributed by atoms with E-state index in [1.165, 1.54) is 4.90 Å². The van der Waals surface area contributed by atoms with Gasteiger partial charge >= 0.3 is 5.97 Å². The summed E-state index contributed by atoms with van der Waals surface area (Å²) in [5, 5.41) is 18.7. The zero-order valence-electron chi connectivity index (χ0n) is 11.2.